The summed E-state index contributed by atoms with van der Waals surface area (Å²) in [7, 11) is 0. The lowest BCUT2D eigenvalue weighted by Crippen LogP contribution is -2.42. The summed E-state index contributed by atoms with van der Waals surface area (Å²) in [5.74, 6) is 0.809. The van der Waals surface area contributed by atoms with Crippen molar-refractivity contribution in [2.24, 2.45) is 0 Å². The highest BCUT2D eigenvalue weighted by Gasteiger charge is 2.19. The zero-order valence-corrected chi connectivity index (χ0v) is 12.3. The van der Waals surface area contributed by atoms with Crippen LogP contribution in [0, 0.1) is 6.92 Å². The Morgan fingerprint density at radius 1 is 1.50 bits per heavy atom. The van der Waals surface area contributed by atoms with Gasteiger partial charge in [-0.1, -0.05) is 12.1 Å². The first-order chi connectivity index (χ1) is 9.63. The third kappa shape index (κ3) is 5.12. The second-order valence-corrected chi connectivity index (χ2v) is 5.59. The Balaban J connectivity index is 1.66. The van der Waals surface area contributed by atoms with Crippen LogP contribution in [-0.2, 0) is 4.74 Å². The van der Waals surface area contributed by atoms with E-state index >= 15 is 0 Å². The summed E-state index contributed by atoms with van der Waals surface area (Å²) in [6, 6.07) is 8.30. The number of nitrogens with one attached hydrogen (secondary N) is 1. The molecule has 1 heterocycles. The molecule has 112 valence electrons. The van der Waals surface area contributed by atoms with E-state index in [1.165, 1.54) is 0 Å². The highest BCUT2D eigenvalue weighted by molar-refractivity contribution is 5.27. The van der Waals surface area contributed by atoms with Gasteiger partial charge in [0.25, 0.3) is 0 Å². The molecule has 0 bridgehead atoms. The number of ether oxygens (including phenoxy) is 2. The molecule has 20 heavy (non-hydrogen) atoms. The second-order valence-electron chi connectivity index (χ2n) is 5.59. The van der Waals surface area contributed by atoms with E-state index in [0.717, 1.165) is 30.8 Å². The number of aryl methyl sites for hydroxylation is 1. The van der Waals surface area contributed by atoms with Crippen LogP contribution >= 0.6 is 0 Å². The van der Waals surface area contributed by atoms with Crippen LogP contribution in [0.2, 0.25) is 0 Å². The third-order valence-corrected chi connectivity index (χ3v) is 3.56. The maximum Gasteiger partial charge on any atom is 0.119 e. The van der Waals surface area contributed by atoms with Gasteiger partial charge in [-0.2, -0.15) is 0 Å². The molecule has 0 aromatic heterocycles. The molecule has 1 fully saturated rings. The van der Waals surface area contributed by atoms with Crippen LogP contribution in [-0.4, -0.2) is 43.1 Å². The molecule has 3 unspecified atom stereocenters. The van der Waals surface area contributed by atoms with Gasteiger partial charge in [-0.3, -0.25) is 0 Å². The number of aliphatic hydroxyl groups is 1. The minimum Gasteiger partial charge on any atom is -0.491 e. The number of hydrogen-bond acceptors (Lipinski definition) is 4. The third-order valence-electron chi connectivity index (χ3n) is 3.56. The lowest BCUT2D eigenvalue weighted by atomic mass is 10.0. The Kier molecular flexibility index (Phi) is 5.83. The van der Waals surface area contributed by atoms with Gasteiger partial charge < -0.3 is 19.9 Å². The highest BCUT2D eigenvalue weighted by Crippen LogP contribution is 2.14. The van der Waals surface area contributed by atoms with Crippen molar-refractivity contribution in [3.8, 4) is 5.75 Å². The first-order valence-corrected chi connectivity index (χ1v) is 7.36. The summed E-state index contributed by atoms with van der Waals surface area (Å²) in [6.07, 6.45) is 1.83. The first kappa shape index (κ1) is 15.3. The summed E-state index contributed by atoms with van der Waals surface area (Å²) in [5.41, 5.74) is 1.16. The minimum absolute atomic E-state index is 0.307. The molecule has 0 radical (unpaired) electrons. The number of hydrogen-bond donors (Lipinski definition) is 2. The molecule has 0 amide bonds. The summed E-state index contributed by atoms with van der Waals surface area (Å²) < 4.78 is 11.1. The van der Waals surface area contributed by atoms with E-state index in [9.17, 15) is 5.11 Å². The van der Waals surface area contributed by atoms with Gasteiger partial charge in [0.15, 0.2) is 0 Å². The summed E-state index contributed by atoms with van der Waals surface area (Å²) >= 11 is 0. The van der Waals surface area contributed by atoms with E-state index < -0.39 is 6.10 Å². The fraction of sp³-hybridized carbons (Fsp3) is 0.625. The van der Waals surface area contributed by atoms with Gasteiger partial charge in [0.05, 0.1) is 6.10 Å². The Morgan fingerprint density at radius 2 is 2.35 bits per heavy atom. The first-order valence-electron chi connectivity index (χ1n) is 7.36. The van der Waals surface area contributed by atoms with Gasteiger partial charge in [0, 0.05) is 19.2 Å². The molecule has 1 aromatic rings. The molecule has 2 rings (SSSR count). The van der Waals surface area contributed by atoms with Crippen molar-refractivity contribution in [1.82, 2.24) is 5.32 Å². The van der Waals surface area contributed by atoms with Crippen molar-refractivity contribution < 1.29 is 14.6 Å². The Morgan fingerprint density at radius 3 is 3.10 bits per heavy atom. The summed E-state index contributed by atoms with van der Waals surface area (Å²) in [4.78, 5) is 0. The molecule has 0 aliphatic carbocycles. The molecule has 1 saturated heterocycles. The molecule has 1 aliphatic heterocycles. The quantitative estimate of drug-likeness (QED) is 0.835. The van der Waals surface area contributed by atoms with E-state index in [4.69, 9.17) is 9.47 Å². The molecule has 0 saturated carbocycles. The zero-order valence-electron chi connectivity index (χ0n) is 12.3. The molecule has 0 spiro atoms. The molecule has 1 aliphatic rings. The molecular formula is C16H25NO3. The van der Waals surface area contributed by atoms with Crippen LogP contribution < -0.4 is 10.1 Å². The Labute approximate surface area is 121 Å². The van der Waals surface area contributed by atoms with Gasteiger partial charge >= 0.3 is 0 Å². The van der Waals surface area contributed by atoms with Crippen LogP contribution in [0.15, 0.2) is 24.3 Å². The van der Waals surface area contributed by atoms with Crippen LogP contribution in [0.3, 0.4) is 0 Å². The average molecular weight is 279 g/mol. The van der Waals surface area contributed by atoms with Crippen molar-refractivity contribution in [3.05, 3.63) is 29.8 Å². The Hall–Kier alpha value is -1.10. The fourth-order valence-corrected chi connectivity index (χ4v) is 2.44. The van der Waals surface area contributed by atoms with Crippen LogP contribution in [0.5, 0.6) is 5.75 Å². The van der Waals surface area contributed by atoms with Crippen molar-refractivity contribution in [3.63, 3.8) is 0 Å². The second kappa shape index (κ2) is 7.62. The standard InChI is InChI=1S/C16H25NO3/c1-12-4-3-5-16(8-12)20-11-15(18)10-17-14-6-7-19-13(2)9-14/h3-5,8,13-15,17-18H,6-7,9-11H2,1-2H3. The molecule has 3 atom stereocenters. The fourth-order valence-electron chi connectivity index (χ4n) is 2.44. The smallest absolute Gasteiger partial charge is 0.119 e. The monoisotopic (exact) mass is 279 g/mol. The predicted octanol–water partition coefficient (Wildman–Crippen LogP) is 1.89. The highest BCUT2D eigenvalue weighted by atomic mass is 16.5. The predicted molar refractivity (Wildman–Crippen MR) is 79.1 cm³/mol. The molecule has 4 nitrogen and oxygen atoms in total. The molecule has 2 N–H and O–H groups in total. The topological polar surface area (TPSA) is 50.7 Å². The lowest BCUT2D eigenvalue weighted by molar-refractivity contribution is 0.00966. The van der Waals surface area contributed by atoms with Crippen molar-refractivity contribution in [2.45, 2.75) is 44.9 Å². The number of benzene rings is 1. The average Bonchev–Trinajstić information content (AvgIpc) is 2.43. The van der Waals surface area contributed by atoms with Crippen LogP contribution in [0.4, 0.5) is 0 Å². The van der Waals surface area contributed by atoms with Crippen molar-refractivity contribution in [2.75, 3.05) is 19.8 Å². The SMILES string of the molecule is Cc1cccc(OCC(O)CNC2CCOC(C)C2)c1. The minimum atomic E-state index is -0.492. The summed E-state index contributed by atoms with van der Waals surface area (Å²) in [5, 5.41) is 13.3. The maximum atomic E-state index is 9.96. The van der Waals surface area contributed by atoms with Crippen LogP contribution in [0.25, 0.3) is 0 Å². The van der Waals surface area contributed by atoms with E-state index in [2.05, 4.69) is 12.2 Å². The molecule has 1 aromatic carbocycles. The summed E-state index contributed by atoms with van der Waals surface area (Å²) in [6.45, 7) is 5.79. The van der Waals surface area contributed by atoms with Gasteiger partial charge in [0.1, 0.15) is 18.5 Å². The van der Waals surface area contributed by atoms with Crippen LogP contribution in [0.1, 0.15) is 25.3 Å². The number of aliphatic hydroxyl groups excluding tert-OH is 1. The van der Waals surface area contributed by atoms with Gasteiger partial charge in [-0.25, -0.2) is 0 Å². The zero-order chi connectivity index (χ0) is 14.4. The molecular weight excluding hydrogens is 254 g/mol. The largest absolute Gasteiger partial charge is 0.491 e. The Bertz CT molecular complexity index is 410. The lowest BCUT2D eigenvalue weighted by Gasteiger charge is -2.28. The van der Waals surface area contributed by atoms with Gasteiger partial charge in [-0.05, 0) is 44.4 Å². The van der Waals surface area contributed by atoms with Crippen molar-refractivity contribution >= 4 is 0 Å². The maximum absolute atomic E-state index is 9.96. The van der Waals surface area contributed by atoms with E-state index in [1.807, 2.05) is 31.2 Å². The normalized spacial score (nSPS) is 24.4. The number of rotatable bonds is 6. The van der Waals surface area contributed by atoms with E-state index in [0.29, 0.717) is 25.3 Å². The van der Waals surface area contributed by atoms with Gasteiger partial charge in [-0.15, -0.1) is 0 Å². The molecule has 4 heteroatoms. The van der Waals surface area contributed by atoms with Gasteiger partial charge in [0.2, 0.25) is 0 Å². The van der Waals surface area contributed by atoms with Crippen molar-refractivity contribution in [1.29, 1.82) is 0 Å². The van der Waals surface area contributed by atoms with E-state index in [-0.39, 0.29) is 0 Å². The van der Waals surface area contributed by atoms with E-state index in [1.54, 1.807) is 0 Å².